The van der Waals surface area contributed by atoms with E-state index in [0.29, 0.717) is 17.1 Å². The highest BCUT2D eigenvalue weighted by molar-refractivity contribution is 5.98. The van der Waals surface area contributed by atoms with E-state index in [1.165, 1.54) is 11.1 Å². The highest BCUT2D eigenvalue weighted by Gasteiger charge is 2.45. The van der Waals surface area contributed by atoms with Crippen molar-refractivity contribution in [2.45, 2.75) is 25.1 Å². The van der Waals surface area contributed by atoms with Gasteiger partial charge in [-0.15, -0.1) is 0 Å². The minimum atomic E-state index is -0.467. The molecule has 7 nitrogen and oxygen atoms in total. The van der Waals surface area contributed by atoms with Gasteiger partial charge in [0.15, 0.2) is 23.0 Å². The van der Waals surface area contributed by atoms with Crippen LogP contribution >= 0.6 is 0 Å². The van der Waals surface area contributed by atoms with Crippen LogP contribution in [0.4, 0.5) is 0 Å². The van der Waals surface area contributed by atoms with Crippen LogP contribution in [0.1, 0.15) is 44.8 Å². The number of fused-ring (bicyclic) bond motifs is 5. The Morgan fingerprint density at radius 3 is 2.52 bits per heavy atom. The lowest BCUT2D eigenvalue weighted by atomic mass is 9.85. The smallest absolute Gasteiger partial charge is 0.343 e. The Morgan fingerprint density at radius 2 is 1.64 bits per heavy atom. The van der Waals surface area contributed by atoms with Gasteiger partial charge >= 0.3 is 5.97 Å². The zero-order chi connectivity index (χ0) is 21.9. The molecule has 3 aromatic rings. The van der Waals surface area contributed by atoms with Crippen LogP contribution in [0.15, 0.2) is 54.6 Å². The monoisotopic (exact) mass is 443 g/mol. The standard InChI is InChI=1S/C26H21NO6/c28-26-22-17(6-7-19-25(22)32-14-29-19)24(33-26)23-18-11-21-20(30-13-31-21)10-16(18)8-9-27(23)12-15-4-2-1-3-5-15/h1-7,10-11,23-24H,8-9,12-14H2/t23-,24+/m1/s1. The third-order valence-corrected chi connectivity index (χ3v) is 6.85. The van der Waals surface area contributed by atoms with Gasteiger partial charge in [0.2, 0.25) is 13.6 Å². The summed E-state index contributed by atoms with van der Waals surface area (Å²) in [5, 5.41) is 0. The van der Waals surface area contributed by atoms with Crippen molar-refractivity contribution in [2.75, 3.05) is 20.1 Å². The molecule has 7 rings (SSSR count). The van der Waals surface area contributed by atoms with Crippen LogP contribution in [0, 0.1) is 0 Å². The van der Waals surface area contributed by atoms with Crippen LogP contribution in [0.5, 0.6) is 23.0 Å². The van der Waals surface area contributed by atoms with E-state index >= 15 is 0 Å². The molecule has 4 heterocycles. The zero-order valence-electron chi connectivity index (χ0n) is 17.8. The lowest BCUT2D eigenvalue weighted by Gasteiger charge is -2.40. The third-order valence-electron chi connectivity index (χ3n) is 6.85. The van der Waals surface area contributed by atoms with E-state index in [-0.39, 0.29) is 25.6 Å². The predicted molar refractivity (Wildman–Crippen MR) is 117 cm³/mol. The van der Waals surface area contributed by atoms with Crippen LogP contribution in [-0.4, -0.2) is 31.0 Å². The van der Waals surface area contributed by atoms with E-state index in [9.17, 15) is 4.79 Å². The summed E-state index contributed by atoms with van der Waals surface area (Å²) in [7, 11) is 0. The number of esters is 1. The summed E-state index contributed by atoms with van der Waals surface area (Å²) in [5.74, 6) is 2.20. The maximum Gasteiger partial charge on any atom is 0.343 e. The Morgan fingerprint density at radius 1 is 0.848 bits per heavy atom. The third kappa shape index (κ3) is 2.89. The maximum absolute atomic E-state index is 13.0. The van der Waals surface area contributed by atoms with Crippen molar-refractivity contribution < 1.29 is 28.5 Å². The lowest BCUT2D eigenvalue weighted by Crippen LogP contribution is -2.38. The average molecular weight is 443 g/mol. The SMILES string of the molecule is O=C1O[C@H]([C@H]2c3cc4c(cc3CCN2Cc2ccccc2)OCO4)c2ccc3c(c21)OCO3. The summed E-state index contributed by atoms with van der Waals surface area (Å²) in [6.45, 7) is 1.91. The second-order valence-electron chi connectivity index (χ2n) is 8.64. The van der Waals surface area contributed by atoms with Crippen LogP contribution in [0.3, 0.4) is 0 Å². The molecule has 7 heteroatoms. The van der Waals surface area contributed by atoms with Crippen molar-refractivity contribution >= 4 is 5.97 Å². The summed E-state index contributed by atoms with van der Waals surface area (Å²) in [6.07, 6.45) is 0.411. The van der Waals surface area contributed by atoms with E-state index in [4.69, 9.17) is 23.7 Å². The van der Waals surface area contributed by atoms with Gasteiger partial charge in [0.05, 0.1) is 6.04 Å². The molecular formula is C26H21NO6. The van der Waals surface area contributed by atoms with Crippen LogP contribution < -0.4 is 18.9 Å². The van der Waals surface area contributed by atoms with Crippen LogP contribution in [-0.2, 0) is 17.7 Å². The Bertz CT molecular complexity index is 1270. The van der Waals surface area contributed by atoms with Crippen molar-refractivity contribution in [1.29, 1.82) is 0 Å². The molecule has 33 heavy (non-hydrogen) atoms. The van der Waals surface area contributed by atoms with Crippen molar-refractivity contribution in [3.63, 3.8) is 0 Å². The maximum atomic E-state index is 13.0. The minimum absolute atomic E-state index is 0.111. The van der Waals surface area contributed by atoms with Gasteiger partial charge in [-0.3, -0.25) is 4.90 Å². The molecule has 0 unspecified atom stereocenters. The number of rotatable bonds is 3. The van der Waals surface area contributed by atoms with Gasteiger partial charge < -0.3 is 23.7 Å². The Hall–Kier alpha value is -3.71. The zero-order valence-corrected chi connectivity index (χ0v) is 17.8. The fourth-order valence-corrected chi connectivity index (χ4v) is 5.35. The molecule has 3 aromatic carbocycles. The molecule has 0 saturated heterocycles. The fraction of sp³-hybridized carbons (Fsp3) is 0.269. The number of hydrogen-bond acceptors (Lipinski definition) is 7. The quantitative estimate of drug-likeness (QED) is 0.564. The van der Waals surface area contributed by atoms with Gasteiger partial charge in [-0.1, -0.05) is 36.4 Å². The normalized spacial score (nSPS) is 22.1. The number of cyclic esters (lactones) is 1. The first-order valence-electron chi connectivity index (χ1n) is 11.1. The number of carbonyl (C=O) groups is 1. The molecule has 0 radical (unpaired) electrons. The molecule has 0 aromatic heterocycles. The molecule has 0 N–H and O–H groups in total. The molecule has 166 valence electrons. The summed E-state index contributed by atoms with van der Waals surface area (Å²) >= 11 is 0. The molecule has 0 aliphatic carbocycles. The Balaban J connectivity index is 1.36. The molecular weight excluding hydrogens is 422 g/mol. The molecule has 0 fully saturated rings. The largest absolute Gasteiger partial charge is 0.454 e. The fourth-order valence-electron chi connectivity index (χ4n) is 5.35. The van der Waals surface area contributed by atoms with E-state index in [1.54, 1.807) is 0 Å². The van der Waals surface area contributed by atoms with Crippen LogP contribution in [0.25, 0.3) is 0 Å². The summed E-state index contributed by atoms with van der Waals surface area (Å²) in [6, 6.07) is 18.1. The number of nitrogens with zero attached hydrogens (tertiary/aromatic N) is 1. The van der Waals surface area contributed by atoms with E-state index < -0.39 is 6.10 Å². The highest BCUT2D eigenvalue weighted by atomic mass is 16.7. The van der Waals surface area contributed by atoms with Crippen molar-refractivity contribution in [2.24, 2.45) is 0 Å². The number of hydrogen-bond donors (Lipinski definition) is 0. The van der Waals surface area contributed by atoms with Gasteiger partial charge in [-0.05, 0) is 41.3 Å². The predicted octanol–water partition coefficient (Wildman–Crippen LogP) is 4.16. The second-order valence-corrected chi connectivity index (χ2v) is 8.64. The minimum Gasteiger partial charge on any atom is -0.454 e. The van der Waals surface area contributed by atoms with Crippen molar-refractivity contribution in [1.82, 2.24) is 4.90 Å². The Labute approximate surface area is 190 Å². The van der Waals surface area contributed by atoms with Gasteiger partial charge in [-0.25, -0.2) is 4.79 Å². The molecule has 4 aliphatic rings. The number of carbonyl (C=O) groups excluding carboxylic acids is 1. The molecule has 4 aliphatic heterocycles. The van der Waals surface area contributed by atoms with Gasteiger partial charge in [0.25, 0.3) is 0 Å². The van der Waals surface area contributed by atoms with E-state index in [0.717, 1.165) is 42.1 Å². The topological polar surface area (TPSA) is 66.5 Å². The summed E-state index contributed by atoms with van der Waals surface area (Å²) in [4.78, 5) is 15.4. The second kappa shape index (κ2) is 7.15. The summed E-state index contributed by atoms with van der Waals surface area (Å²) < 4.78 is 28.5. The van der Waals surface area contributed by atoms with E-state index in [1.807, 2.05) is 30.3 Å². The van der Waals surface area contributed by atoms with Crippen molar-refractivity contribution in [3.8, 4) is 23.0 Å². The first-order chi connectivity index (χ1) is 16.3. The molecule has 0 bridgehead atoms. The molecule has 2 atom stereocenters. The number of benzene rings is 3. The Kier molecular flexibility index (Phi) is 4.08. The first kappa shape index (κ1) is 18.8. The first-order valence-corrected chi connectivity index (χ1v) is 11.1. The molecule has 0 spiro atoms. The highest BCUT2D eigenvalue weighted by Crippen LogP contribution is 2.52. The van der Waals surface area contributed by atoms with Gasteiger partial charge in [0, 0.05) is 18.7 Å². The average Bonchev–Trinajstić information content (AvgIpc) is 3.56. The molecule has 0 saturated carbocycles. The molecule has 0 amide bonds. The van der Waals surface area contributed by atoms with Crippen molar-refractivity contribution in [3.05, 3.63) is 82.4 Å². The van der Waals surface area contributed by atoms with E-state index in [2.05, 4.69) is 29.2 Å². The van der Waals surface area contributed by atoms with Gasteiger partial charge in [0.1, 0.15) is 11.7 Å². The summed E-state index contributed by atoms with van der Waals surface area (Å²) in [5.41, 5.74) is 4.81. The van der Waals surface area contributed by atoms with Gasteiger partial charge in [-0.2, -0.15) is 0 Å². The van der Waals surface area contributed by atoms with Crippen LogP contribution in [0.2, 0.25) is 0 Å². The lowest BCUT2D eigenvalue weighted by molar-refractivity contribution is 0.00122. The number of ether oxygens (including phenoxy) is 5.